The number of likely N-dealkylation sites (N-methyl/N-ethyl adjacent to an activating group) is 1. The molecule has 0 rings (SSSR count). The molecular weight excluding hydrogens is 218 g/mol. The highest BCUT2D eigenvalue weighted by atomic mass is 16.2. The van der Waals surface area contributed by atoms with E-state index in [4.69, 9.17) is 0 Å². The molecule has 0 spiro atoms. The van der Waals surface area contributed by atoms with Gasteiger partial charge in [0.1, 0.15) is 0 Å². The van der Waals surface area contributed by atoms with Crippen molar-refractivity contribution in [3.05, 3.63) is 0 Å². The number of rotatable bonds is 8. The molecule has 17 heavy (non-hydrogen) atoms. The maximum Gasteiger partial charge on any atom is 0.239 e. The van der Waals surface area contributed by atoms with E-state index in [9.17, 15) is 9.59 Å². The van der Waals surface area contributed by atoms with Crippen molar-refractivity contribution in [3.8, 4) is 0 Å². The molecule has 0 bridgehead atoms. The van der Waals surface area contributed by atoms with Crippen LogP contribution in [-0.2, 0) is 9.59 Å². The smallest absolute Gasteiger partial charge is 0.239 e. The molecule has 100 valence electrons. The lowest BCUT2D eigenvalue weighted by molar-refractivity contribution is -0.137. The fourth-order valence-corrected chi connectivity index (χ4v) is 1.44. The summed E-state index contributed by atoms with van der Waals surface area (Å²) in [6.45, 7) is 8.15. The van der Waals surface area contributed by atoms with E-state index >= 15 is 0 Å². The Labute approximate surface area is 104 Å². The highest BCUT2D eigenvalue weighted by Crippen LogP contribution is 1.99. The molecule has 2 N–H and O–H groups in total. The third kappa shape index (κ3) is 6.94. The predicted octanol–water partition coefficient (Wildman–Crippen LogP) is 0.217. The van der Waals surface area contributed by atoms with Gasteiger partial charge in [-0.1, -0.05) is 20.8 Å². The van der Waals surface area contributed by atoms with Crippen LogP contribution in [0.15, 0.2) is 0 Å². The lowest BCUT2D eigenvalue weighted by Crippen LogP contribution is -2.42. The number of amides is 2. The van der Waals surface area contributed by atoms with E-state index in [-0.39, 0.29) is 24.3 Å². The number of nitrogens with one attached hydrogen (secondary N) is 2. The molecule has 0 radical (unpaired) electrons. The van der Waals surface area contributed by atoms with E-state index in [2.05, 4.69) is 10.6 Å². The van der Waals surface area contributed by atoms with Gasteiger partial charge in [0, 0.05) is 26.1 Å². The van der Waals surface area contributed by atoms with Crippen LogP contribution in [0.4, 0.5) is 0 Å². The average Bonchev–Trinajstić information content (AvgIpc) is 2.32. The summed E-state index contributed by atoms with van der Waals surface area (Å²) in [6.07, 6.45) is 0.903. The molecule has 1 unspecified atom stereocenters. The average molecular weight is 243 g/mol. The molecule has 5 nitrogen and oxygen atoms in total. The van der Waals surface area contributed by atoms with Gasteiger partial charge in [-0.05, 0) is 13.0 Å². The van der Waals surface area contributed by atoms with Crippen molar-refractivity contribution >= 4 is 11.8 Å². The first-order valence-corrected chi connectivity index (χ1v) is 6.25. The zero-order chi connectivity index (χ0) is 13.3. The van der Waals surface area contributed by atoms with Gasteiger partial charge in [0.25, 0.3) is 0 Å². The Morgan fingerprint density at radius 1 is 1.29 bits per heavy atom. The summed E-state index contributed by atoms with van der Waals surface area (Å²) >= 11 is 0. The first-order valence-electron chi connectivity index (χ1n) is 6.25. The van der Waals surface area contributed by atoms with Gasteiger partial charge in [0.15, 0.2) is 0 Å². The van der Waals surface area contributed by atoms with E-state index < -0.39 is 0 Å². The van der Waals surface area contributed by atoms with Crippen molar-refractivity contribution in [1.82, 2.24) is 15.5 Å². The van der Waals surface area contributed by atoms with Crippen molar-refractivity contribution in [1.29, 1.82) is 0 Å². The highest BCUT2D eigenvalue weighted by Gasteiger charge is 2.18. The third-order valence-corrected chi connectivity index (χ3v) is 2.45. The van der Waals surface area contributed by atoms with E-state index in [1.807, 2.05) is 20.8 Å². The van der Waals surface area contributed by atoms with E-state index in [0.29, 0.717) is 13.1 Å². The third-order valence-electron chi connectivity index (χ3n) is 2.45. The van der Waals surface area contributed by atoms with Crippen molar-refractivity contribution in [2.24, 2.45) is 5.92 Å². The van der Waals surface area contributed by atoms with Gasteiger partial charge in [-0.2, -0.15) is 0 Å². The first kappa shape index (κ1) is 15.9. The molecule has 0 aliphatic heterocycles. The largest absolute Gasteiger partial charge is 0.355 e. The normalized spacial score (nSPS) is 12.0. The fraction of sp³-hybridized carbons (Fsp3) is 0.833. The van der Waals surface area contributed by atoms with Gasteiger partial charge in [-0.15, -0.1) is 0 Å². The van der Waals surface area contributed by atoms with Gasteiger partial charge in [-0.3, -0.25) is 9.59 Å². The summed E-state index contributed by atoms with van der Waals surface area (Å²) < 4.78 is 0. The first-order chi connectivity index (χ1) is 8.02. The van der Waals surface area contributed by atoms with Crippen molar-refractivity contribution < 1.29 is 9.59 Å². The second kappa shape index (κ2) is 8.98. The van der Waals surface area contributed by atoms with Gasteiger partial charge < -0.3 is 15.5 Å². The Bertz CT molecular complexity index is 244. The molecule has 0 aromatic carbocycles. The van der Waals surface area contributed by atoms with E-state index in [0.717, 1.165) is 13.0 Å². The molecule has 1 atom stereocenters. The minimum absolute atomic E-state index is 0.00222. The summed E-state index contributed by atoms with van der Waals surface area (Å²) in [6, 6.07) is 0. The molecule has 0 heterocycles. The van der Waals surface area contributed by atoms with E-state index in [1.54, 1.807) is 7.05 Å². The molecule has 0 saturated carbocycles. The van der Waals surface area contributed by atoms with Gasteiger partial charge in [0.2, 0.25) is 11.8 Å². The predicted molar refractivity (Wildman–Crippen MR) is 68.6 cm³/mol. The molecule has 0 saturated heterocycles. The SMILES string of the molecule is CCCNC(=O)CN(C)C(=O)C(C)CNCC. The molecule has 0 fully saturated rings. The fourth-order valence-electron chi connectivity index (χ4n) is 1.44. The molecule has 2 amide bonds. The van der Waals surface area contributed by atoms with Crippen LogP contribution in [0.2, 0.25) is 0 Å². The monoisotopic (exact) mass is 243 g/mol. The van der Waals surface area contributed by atoms with Crippen LogP contribution in [0.5, 0.6) is 0 Å². The quantitative estimate of drug-likeness (QED) is 0.641. The highest BCUT2D eigenvalue weighted by molar-refractivity contribution is 5.85. The lowest BCUT2D eigenvalue weighted by atomic mass is 10.1. The number of hydrogen-bond acceptors (Lipinski definition) is 3. The van der Waals surface area contributed by atoms with Gasteiger partial charge in [0.05, 0.1) is 6.54 Å². The molecule has 0 aromatic heterocycles. The summed E-state index contributed by atoms with van der Waals surface area (Å²) in [5.74, 6) is -0.199. The van der Waals surface area contributed by atoms with Crippen LogP contribution >= 0.6 is 0 Å². The minimum Gasteiger partial charge on any atom is -0.355 e. The Kier molecular flexibility index (Phi) is 8.40. The molecule has 0 aliphatic carbocycles. The lowest BCUT2D eigenvalue weighted by Gasteiger charge is -2.21. The van der Waals surface area contributed by atoms with Crippen LogP contribution < -0.4 is 10.6 Å². The molecule has 0 aliphatic rings. The maximum atomic E-state index is 11.9. The van der Waals surface area contributed by atoms with Gasteiger partial charge >= 0.3 is 0 Å². The Morgan fingerprint density at radius 2 is 1.94 bits per heavy atom. The summed E-state index contributed by atoms with van der Waals surface area (Å²) in [5.41, 5.74) is 0. The Hall–Kier alpha value is -1.10. The number of nitrogens with zero attached hydrogens (tertiary/aromatic N) is 1. The minimum atomic E-state index is -0.0987. The molecular formula is C12H25N3O2. The summed E-state index contributed by atoms with van der Waals surface area (Å²) in [4.78, 5) is 24.8. The van der Waals surface area contributed by atoms with Crippen LogP contribution in [-0.4, -0.2) is 49.9 Å². The second-order valence-electron chi connectivity index (χ2n) is 4.25. The summed E-state index contributed by atoms with van der Waals surface area (Å²) in [7, 11) is 1.66. The van der Waals surface area contributed by atoms with E-state index in [1.165, 1.54) is 4.90 Å². The zero-order valence-electron chi connectivity index (χ0n) is 11.4. The van der Waals surface area contributed by atoms with Gasteiger partial charge in [-0.25, -0.2) is 0 Å². The van der Waals surface area contributed by atoms with Crippen LogP contribution in [0.1, 0.15) is 27.2 Å². The standard InChI is InChI=1S/C12H25N3O2/c1-5-7-14-11(16)9-15(4)12(17)10(3)8-13-6-2/h10,13H,5-9H2,1-4H3,(H,14,16). The van der Waals surface area contributed by atoms with Crippen molar-refractivity contribution in [2.75, 3.05) is 33.2 Å². The number of carbonyl (C=O) groups is 2. The number of hydrogen-bond donors (Lipinski definition) is 2. The zero-order valence-corrected chi connectivity index (χ0v) is 11.4. The Morgan fingerprint density at radius 3 is 2.47 bits per heavy atom. The van der Waals surface area contributed by atoms with Crippen molar-refractivity contribution in [3.63, 3.8) is 0 Å². The second-order valence-corrected chi connectivity index (χ2v) is 4.25. The maximum absolute atomic E-state index is 11.9. The van der Waals surface area contributed by atoms with Crippen LogP contribution in [0.25, 0.3) is 0 Å². The topological polar surface area (TPSA) is 61.4 Å². The number of carbonyl (C=O) groups excluding carboxylic acids is 2. The molecule has 5 heteroatoms. The molecule has 0 aromatic rings. The van der Waals surface area contributed by atoms with Crippen LogP contribution in [0, 0.1) is 5.92 Å². The van der Waals surface area contributed by atoms with Crippen LogP contribution in [0.3, 0.4) is 0 Å². The summed E-state index contributed by atoms with van der Waals surface area (Å²) in [5, 5.41) is 5.88. The van der Waals surface area contributed by atoms with Crippen molar-refractivity contribution in [2.45, 2.75) is 27.2 Å². The Balaban J connectivity index is 3.99.